The van der Waals surface area contributed by atoms with Crippen LogP contribution in [0.1, 0.15) is 22.9 Å². The summed E-state index contributed by atoms with van der Waals surface area (Å²) in [4.78, 5) is 0. The molecule has 0 amide bonds. The van der Waals surface area contributed by atoms with Gasteiger partial charge in [0.25, 0.3) is 0 Å². The van der Waals surface area contributed by atoms with Gasteiger partial charge in [-0.2, -0.15) is 9.13 Å². The predicted octanol–water partition coefficient (Wildman–Crippen LogP) is 4.79. The lowest BCUT2D eigenvalue weighted by atomic mass is 10.2. The number of hydrogen-bond acceptors (Lipinski definition) is 2. The van der Waals surface area contributed by atoms with Gasteiger partial charge in [-0.05, 0) is 12.1 Å². The molecule has 2 nitrogen and oxygen atoms in total. The first-order valence-corrected chi connectivity index (χ1v) is 10.1. The minimum Gasteiger partial charge on any atom is -0.186 e. The van der Waals surface area contributed by atoms with Gasteiger partial charge >= 0.3 is 0 Å². The van der Waals surface area contributed by atoms with E-state index in [9.17, 15) is 0 Å². The molecular weight excluding hydrogens is 332 g/mol. The number of benzene rings is 2. The summed E-state index contributed by atoms with van der Waals surface area (Å²) < 4.78 is 7.74. The van der Waals surface area contributed by atoms with E-state index in [4.69, 9.17) is 0 Å². The third-order valence-electron chi connectivity index (χ3n) is 4.60. The zero-order valence-electron chi connectivity index (χ0n) is 14.2. The summed E-state index contributed by atoms with van der Waals surface area (Å²) in [6.45, 7) is 6.68. The maximum atomic E-state index is 2.48. The number of unbranched alkanes of at least 4 members (excludes halogenated alkanes) is 1. The SMILES string of the molecule is Cc1sc2ccccc2[n+]1CCCC[n+]1c(C)sc2ccccc21. The van der Waals surface area contributed by atoms with E-state index in [1.54, 1.807) is 0 Å². The normalized spacial score (nSPS) is 11.6. The Balaban J connectivity index is 1.46. The second kappa shape index (κ2) is 6.61. The van der Waals surface area contributed by atoms with Crippen molar-refractivity contribution in [3.63, 3.8) is 0 Å². The molecule has 0 aliphatic carbocycles. The molecule has 2 aromatic heterocycles. The summed E-state index contributed by atoms with van der Waals surface area (Å²) in [6.07, 6.45) is 2.42. The Morgan fingerprint density at radius 3 is 1.54 bits per heavy atom. The zero-order chi connectivity index (χ0) is 16.5. The molecule has 0 saturated carbocycles. The molecule has 0 atom stereocenters. The van der Waals surface area contributed by atoms with Crippen molar-refractivity contribution in [2.75, 3.05) is 0 Å². The number of aromatic nitrogens is 2. The highest BCUT2D eigenvalue weighted by Gasteiger charge is 2.18. The highest BCUT2D eigenvalue weighted by molar-refractivity contribution is 7.18. The fourth-order valence-electron chi connectivity index (χ4n) is 3.40. The number of para-hydroxylation sites is 2. The molecule has 0 fully saturated rings. The molecule has 0 radical (unpaired) electrons. The Kier molecular flexibility index (Phi) is 4.33. The van der Waals surface area contributed by atoms with Gasteiger partial charge in [-0.15, -0.1) is 0 Å². The molecule has 0 spiro atoms. The monoisotopic (exact) mass is 354 g/mol. The lowest BCUT2D eigenvalue weighted by Crippen LogP contribution is -2.37. The summed E-state index contributed by atoms with van der Waals surface area (Å²) in [5, 5.41) is 2.81. The summed E-state index contributed by atoms with van der Waals surface area (Å²) in [5.41, 5.74) is 2.76. The van der Waals surface area contributed by atoms with Gasteiger partial charge < -0.3 is 0 Å². The highest BCUT2D eigenvalue weighted by atomic mass is 32.1. The number of nitrogens with zero attached hydrogens (tertiary/aromatic N) is 2. The Morgan fingerprint density at radius 2 is 1.08 bits per heavy atom. The average Bonchev–Trinajstić information content (AvgIpc) is 3.08. The Morgan fingerprint density at radius 1 is 0.667 bits per heavy atom. The van der Waals surface area contributed by atoms with Crippen molar-refractivity contribution in [2.45, 2.75) is 39.8 Å². The molecule has 122 valence electrons. The van der Waals surface area contributed by atoms with E-state index >= 15 is 0 Å². The van der Waals surface area contributed by atoms with Gasteiger partial charge in [0.1, 0.15) is 22.5 Å². The van der Waals surface area contributed by atoms with Crippen molar-refractivity contribution in [3.05, 3.63) is 58.5 Å². The molecule has 0 saturated heterocycles. The van der Waals surface area contributed by atoms with E-state index in [1.807, 2.05) is 22.7 Å². The van der Waals surface area contributed by atoms with Crippen molar-refractivity contribution in [3.8, 4) is 0 Å². The fraction of sp³-hybridized carbons (Fsp3) is 0.300. The Labute approximate surface area is 150 Å². The standard InChI is InChI=1S/C20H22N2S2/c1-15-21(17-9-3-5-11-19(17)23-15)13-7-8-14-22-16(2)24-20-12-6-4-10-18(20)22/h3-6,9-12H,7-8,13-14H2,1-2H3/q+2. The number of aryl methyl sites for hydroxylation is 4. The van der Waals surface area contributed by atoms with Gasteiger partial charge in [0.15, 0.2) is 0 Å². The summed E-state index contributed by atoms with van der Waals surface area (Å²) in [6, 6.07) is 17.5. The average molecular weight is 355 g/mol. The van der Waals surface area contributed by atoms with E-state index in [1.165, 1.54) is 43.3 Å². The van der Waals surface area contributed by atoms with Gasteiger partial charge in [0.2, 0.25) is 21.0 Å². The molecule has 4 heteroatoms. The maximum absolute atomic E-state index is 2.48. The van der Waals surface area contributed by atoms with Crippen LogP contribution < -0.4 is 9.13 Å². The largest absolute Gasteiger partial charge is 0.235 e. The van der Waals surface area contributed by atoms with Crippen molar-refractivity contribution in [1.82, 2.24) is 0 Å². The molecule has 2 aromatic carbocycles. The van der Waals surface area contributed by atoms with Crippen LogP contribution >= 0.6 is 22.7 Å². The van der Waals surface area contributed by atoms with Crippen LogP contribution in [0.3, 0.4) is 0 Å². The molecule has 0 aliphatic heterocycles. The number of thiazole rings is 2. The summed E-state index contributed by atoms with van der Waals surface area (Å²) in [5.74, 6) is 0. The van der Waals surface area contributed by atoms with Crippen LogP contribution in [-0.4, -0.2) is 0 Å². The second-order valence-electron chi connectivity index (χ2n) is 6.19. The van der Waals surface area contributed by atoms with E-state index in [0.29, 0.717) is 0 Å². The van der Waals surface area contributed by atoms with Crippen LogP contribution in [0.5, 0.6) is 0 Å². The zero-order valence-corrected chi connectivity index (χ0v) is 15.8. The molecule has 4 rings (SSSR count). The van der Waals surface area contributed by atoms with Gasteiger partial charge in [0, 0.05) is 38.8 Å². The van der Waals surface area contributed by atoms with E-state index < -0.39 is 0 Å². The highest BCUT2D eigenvalue weighted by Crippen LogP contribution is 2.20. The molecule has 0 bridgehead atoms. The van der Waals surface area contributed by atoms with E-state index in [2.05, 4.69) is 71.5 Å². The number of rotatable bonds is 5. The van der Waals surface area contributed by atoms with Crippen LogP contribution in [0.2, 0.25) is 0 Å². The first-order valence-electron chi connectivity index (χ1n) is 8.50. The van der Waals surface area contributed by atoms with Crippen LogP contribution in [0.25, 0.3) is 20.4 Å². The Hall–Kier alpha value is -1.78. The lowest BCUT2D eigenvalue weighted by molar-refractivity contribution is -0.684. The fourth-order valence-corrected chi connectivity index (χ4v) is 5.49. The third kappa shape index (κ3) is 2.85. The molecular formula is C20H22N2S2+2. The molecule has 2 heterocycles. The Bertz CT molecular complexity index is 915. The molecule has 24 heavy (non-hydrogen) atoms. The molecule has 0 aliphatic rings. The van der Waals surface area contributed by atoms with Gasteiger partial charge in [-0.3, -0.25) is 0 Å². The molecule has 4 aromatic rings. The van der Waals surface area contributed by atoms with Crippen LogP contribution in [0.4, 0.5) is 0 Å². The first kappa shape index (κ1) is 15.7. The van der Waals surface area contributed by atoms with E-state index in [-0.39, 0.29) is 0 Å². The second-order valence-corrected chi connectivity index (χ2v) is 8.66. The number of hydrogen-bond donors (Lipinski definition) is 0. The van der Waals surface area contributed by atoms with Crippen LogP contribution in [0, 0.1) is 13.8 Å². The van der Waals surface area contributed by atoms with Crippen molar-refractivity contribution < 1.29 is 9.13 Å². The maximum Gasteiger partial charge on any atom is 0.235 e. The van der Waals surface area contributed by atoms with Gasteiger partial charge in [0.05, 0.1) is 0 Å². The lowest BCUT2D eigenvalue weighted by Gasteiger charge is -1.98. The number of fused-ring (bicyclic) bond motifs is 2. The topological polar surface area (TPSA) is 7.76 Å². The third-order valence-corrected chi connectivity index (χ3v) is 6.76. The van der Waals surface area contributed by atoms with Crippen LogP contribution in [-0.2, 0) is 13.1 Å². The van der Waals surface area contributed by atoms with E-state index in [0.717, 1.165) is 13.1 Å². The smallest absolute Gasteiger partial charge is 0.186 e. The summed E-state index contributed by atoms with van der Waals surface area (Å²) >= 11 is 3.80. The van der Waals surface area contributed by atoms with Crippen molar-refractivity contribution >= 4 is 43.1 Å². The molecule has 0 unspecified atom stereocenters. The first-order chi connectivity index (χ1) is 11.7. The van der Waals surface area contributed by atoms with Gasteiger partial charge in [-0.1, -0.05) is 46.9 Å². The predicted molar refractivity (Wildman–Crippen MR) is 103 cm³/mol. The minimum atomic E-state index is 1.11. The summed E-state index contributed by atoms with van der Waals surface area (Å²) in [7, 11) is 0. The molecule has 0 N–H and O–H groups in total. The van der Waals surface area contributed by atoms with Gasteiger partial charge in [-0.25, -0.2) is 0 Å². The quantitative estimate of drug-likeness (QED) is 0.360. The minimum absolute atomic E-state index is 1.11. The van der Waals surface area contributed by atoms with Crippen molar-refractivity contribution in [1.29, 1.82) is 0 Å². The van der Waals surface area contributed by atoms with Crippen LogP contribution in [0.15, 0.2) is 48.5 Å². The van der Waals surface area contributed by atoms with Crippen molar-refractivity contribution in [2.24, 2.45) is 0 Å².